The van der Waals surface area contributed by atoms with Crippen LogP contribution < -0.4 is 5.43 Å². The molecule has 1 N–H and O–H groups in total. The second-order valence-corrected chi connectivity index (χ2v) is 4.65. The average Bonchev–Trinajstić information content (AvgIpc) is 2.56. The minimum atomic E-state index is 0.836. The largest absolute Gasteiger partial charge is 0.277 e. The molecule has 0 aromatic carbocycles. The molecule has 0 aliphatic rings. The van der Waals surface area contributed by atoms with Crippen molar-refractivity contribution in [2.75, 3.05) is 5.43 Å². The standard InChI is InChI=1S/C12H14BrN3/c1-8-6-7-14-12(11(8)13)15-16-9(2)4-5-10(16)3/h4-7H,1-3H3,(H,14,15). The van der Waals surface area contributed by atoms with Gasteiger partial charge in [-0.05, 0) is 60.5 Å². The average molecular weight is 280 g/mol. The van der Waals surface area contributed by atoms with Gasteiger partial charge < -0.3 is 0 Å². The molecule has 0 aliphatic heterocycles. The minimum absolute atomic E-state index is 0.836. The Morgan fingerprint density at radius 3 is 2.38 bits per heavy atom. The number of pyridine rings is 1. The second kappa shape index (κ2) is 4.29. The zero-order chi connectivity index (χ0) is 11.7. The minimum Gasteiger partial charge on any atom is -0.277 e. The predicted octanol–water partition coefficient (Wildman–Crippen LogP) is 3.45. The van der Waals surface area contributed by atoms with Crippen LogP contribution in [0.15, 0.2) is 28.9 Å². The lowest BCUT2D eigenvalue weighted by atomic mass is 10.3. The number of aromatic nitrogens is 2. The van der Waals surface area contributed by atoms with Gasteiger partial charge in [-0.25, -0.2) is 4.98 Å². The van der Waals surface area contributed by atoms with Crippen molar-refractivity contribution in [3.8, 4) is 0 Å². The molecule has 0 fully saturated rings. The Kier molecular flexibility index (Phi) is 3.01. The Balaban J connectivity index is 2.38. The first-order valence-electron chi connectivity index (χ1n) is 5.12. The molecule has 16 heavy (non-hydrogen) atoms. The van der Waals surface area contributed by atoms with Crippen LogP contribution in [0.25, 0.3) is 0 Å². The summed E-state index contributed by atoms with van der Waals surface area (Å²) in [6, 6.07) is 6.13. The quantitative estimate of drug-likeness (QED) is 0.913. The summed E-state index contributed by atoms with van der Waals surface area (Å²) in [5.74, 6) is 0.836. The summed E-state index contributed by atoms with van der Waals surface area (Å²) in [4.78, 5) is 4.32. The molecule has 0 spiro atoms. The summed E-state index contributed by atoms with van der Waals surface area (Å²) >= 11 is 3.54. The number of nitrogens with one attached hydrogen (secondary N) is 1. The summed E-state index contributed by atoms with van der Waals surface area (Å²) in [5.41, 5.74) is 6.77. The highest BCUT2D eigenvalue weighted by atomic mass is 79.9. The maximum Gasteiger partial charge on any atom is 0.159 e. The summed E-state index contributed by atoms with van der Waals surface area (Å²) < 4.78 is 3.02. The second-order valence-electron chi connectivity index (χ2n) is 3.85. The van der Waals surface area contributed by atoms with E-state index in [2.05, 4.69) is 52.3 Å². The fourth-order valence-electron chi connectivity index (χ4n) is 1.57. The van der Waals surface area contributed by atoms with Crippen molar-refractivity contribution in [2.24, 2.45) is 0 Å². The molecule has 0 radical (unpaired) electrons. The van der Waals surface area contributed by atoms with Crippen molar-refractivity contribution in [3.63, 3.8) is 0 Å². The van der Waals surface area contributed by atoms with Gasteiger partial charge in [-0.1, -0.05) is 0 Å². The highest BCUT2D eigenvalue weighted by Crippen LogP contribution is 2.24. The first-order chi connectivity index (χ1) is 7.59. The van der Waals surface area contributed by atoms with Gasteiger partial charge in [0.1, 0.15) is 0 Å². The highest BCUT2D eigenvalue weighted by molar-refractivity contribution is 9.10. The molecule has 2 aromatic rings. The summed E-state index contributed by atoms with van der Waals surface area (Å²) in [7, 11) is 0. The van der Waals surface area contributed by atoms with E-state index in [9.17, 15) is 0 Å². The zero-order valence-corrected chi connectivity index (χ0v) is 11.2. The first kappa shape index (κ1) is 11.2. The third kappa shape index (κ3) is 1.97. The molecule has 0 unspecified atom stereocenters. The fourth-order valence-corrected chi connectivity index (χ4v) is 1.89. The number of rotatable bonds is 2. The van der Waals surface area contributed by atoms with Gasteiger partial charge in [0.15, 0.2) is 5.82 Å². The van der Waals surface area contributed by atoms with E-state index in [0.717, 1.165) is 21.7 Å². The van der Waals surface area contributed by atoms with Crippen molar-refractivity contribution < 1.29 is 0 Å². The number of hydrogen-bond acceptors (Lipinski definition) is 2. The number of anilines is 1. The molecule has 2 heterocycles. The van der Waals surface area contributed by atoms with Gasteiger partial charge in [0.25, 0.3) is 0 Å². The normalized spacial score (nSPS) is 10.5. The monoisotopic (exact) mass is 279 g/mol. The molecule has 2 rings (SSSR count). The molecule has 3 nitrogen and oxygen atoms in total. The van der Waals surface area contributed by atoms with Crippen LogP contribution in [0.1, 0.15) is 17.0 Å². The summed E-state index contributed by atoms with van der Waals surface area (Å²) in [6.45, 7) is 6.17. The van der Waals surface area contributed by atoms with E-state index in [1.807, 2.05) is 17.7 Å². The molecular weight excluding hydrogens is 266 g/mol. The Morgan fingerprint density at radius 1 is 1.12 bits per heavy atom. The molecule has 0 aliphatic carbocycles. The summed E-state index contributed by atoms with van der Waals surface area (Å²) in [6.07, 6.45) is 1.80. The van der Waals surface area contributed by atoms with Crippen LogP contribution in [0, 0.1) is 20.8 Å². The van der Waals surface area contributed by atoms with Crippen LogP contribution in [-0.4, -0.2) is 9.66 Å². The van der Waals surface area contributed by atoms with E-state index in [4.69, 9.17) is 0 Å². The summed E-state index contributed by atoms with van der Waals surface area (Å²) in [5, 5.41) is 0. The number of hydrogen-bond donors (Lipinski definition) is 1. The van der Waals surface area contributed by atoms with Crippen molar-refractivity contribution in [3.05, 3.63) is 45.8 Å². The smallest absolute Gasteiger partial charge is 0.159 e. The van der Waals surface area contributed by atoms with Gasteiger partial charge in [0.2, 0.25) is 0 Å². The van der Waals surface area contributed by atoms with Crippen LogP contribution in [0.3, 0.4) is 0 Å². The number of nitrogens with zero attached hydrogens (tertiary/aromatic N) is 2. The van der Waals surface area contributed by atoms with Gasteiger partial charge in [-0.3, -0.25) is 10.1 Å². The number of halogens is 1. The van der Waals surface area contributed by atoms with E-state index in [1.54, 1.807) is 6.20 Å². The lowest BCUT2D eigenvalue weighted by molar-refractivity contribution is 0.868. The molecule has 0 bridgehead atoms. The van der Waals surface area contributed by atoms with Crippen LogP contribution in [0.5, 0.6) is 0 Å². The maximum absolute atomic E-state index is 4.32. The Morgan fingerprint density at radius 2 is 1.75 bits per heavy atom. The van der Waals surface area contributed by atoms with E-state index >= 15 is 0 Å². The molecule has 0 amide bonds. The lowest BCUT2D eigenvalue weighted by Crippen LogP contribution is -2.13. The van der Waals surface area contributed by atoms with Crippen molar-refractivity contribution in [1.29, 1.82) is 0 Å². The lowest BCUT2D eigenvalue weighted by Gasteiger charge is -2.13. The molecule has 84 valence electrons. The molecule has 4 heteroatoms. The molecule has 0 saturated carbocycles. The van der Waals surface area contributed by atoms with Crippen LogP contribution in [-0.2, 0) is 0 Å². The first-order valence-corrected chi connectivity index (χ1v) is 5.92. The number of aryl methyl sites for hydroxylation is 3. The van der Waals surface area contributed by atoms with E-state index in [-0.39, 0.29) is 0 Å². The topological polar surface area (TPSA) is 29.9 Å². The van der Waals surface area contributed by atoms with E-state index < -0.39 is 0 Å². The van der Waals surface area contributed by atoms with Gasteiger partial charge in [-0.15, -0.1) is 0 Å². The van der Waals surface area contributed by atoms with E-state index in [0.29, 0.717) is 0 Å². The van der Waals surface area contributed by atoms with Crippen molar-refractivity contribution in [1.82, 2.24) is 9.66 Å². The van der Waals surface area contributed by atoms with Gasteiger partial charge in [-0.2, -0.15) is 0 Å². The van der Waals surface area contributed by atoms with Crippen molar-refractivity contribution in [2.45, 2.75) is 20.8 Å². The fraction of sp³-hybridized carbons (Fsp3) is 0.250. The van der Waals surface area contributed by atoms with Crippen LogP contribution in [0.2, 0.25) is 0 Å². The Labute approximate surface area is 104 Å². The van der Waals surface area contributed by atoms with Gasteiger partial charge in [0, 0.05) is 17.6 Å². The maximum atomic E-state index is 4.32. The van der Waals surface area contributed by atoms with Crippen LogP contribution >= 0.6 is 15.9 Å². The van der Waals surface area contributed by atoms with E-state index in [1.165, 1.54) is 5.56 Å². The van der Waals surface area contributed by atoms with Crippen molar-refractivity contribution >= 4 is 21.7 Å². The molecule has 0 atom stereocenters. The third-order valence-electron chi connectivity index (χ3n) is 2.57. The Hall–Kier alpha value is -1.29. The zero-order valence-electron chi connectivity index (χ0n) is 9.58. The molecule has 0 saturated heterocycles. The van der Waals surface area contributed by atoms with Gasteiger partial charge in [0.05, 0.1) is 4.47 Å². The third-order valence-corrected chi connectivity index (χ3v) is 3.57. The van der Waals surface area contributed by atoms with Crippen LogP contribution in [0.4, 0.5) is 5.82 Å². The van der Waals surface area contributed by atoms with Gasteiger partial charge >= 0.3 is 0 Å². The highest BCUT2D eigenvalue weighted by Gasteiger charge is 2.06. The molecular formula is C12H14BrN3. The SMILES string of the molecule is Cc1ccnc(Nn2c(C)ccc2C)c1Br. The molecule has 2 aromatic heterocycles. The predicted molar refractivity (Wildman–Crippen MR) is 69.6 cm³/mol. The Bertz CT molecular complexity index is 497.